The lowest BCUT2D eigenvalue weighted by atomic mass is 10.1. The second-order valence-electron chi connectivity index (χ2n) is 6.11. The third-order valence-corrected chi connectivity index (χ3v) is 5.84. The summed E-state index contributed by atoms with van der Waals surface area (Å²) in [7, 11) is -2.31. The van der Waals surface area contributed by atoms with Gasteiger partial charge in [-0.3, -0.25) is 14.4 Å². The van der Waals surface area contributed by atoms with Crippen LogP contribution in [0.25, 0.3) is 0 Å². The molecule has 26 heavy (non-hydrogen) atoms. The van der Waals surface area contributed by atoms with Crippen LogP contribution in [0.5, 0.6) is 0 Å². The van der Waals surface area contributed by atoms with E-state index in [4.69, 9.17) is 17.3 Å². The smallest absolute Gasteiger partial charge is 0.246 e. The van der Waals surface area contributed by atoms with E-state index in [1.54, 1.807) is 17.8 Å². The third kappa shape index (κ3) is 3.53. The maximum absolute atomic E-state index is 12.8. The van der Waals surface area contributed by atoms with Gasteiger partial charge >= 0.3 is 0 Å². The fourth-order valence-electron chi connectivity index (χ4n) is 2.96. The molecule has 0 radical (unpaired) electrons. The number of carbonyl (C=O) groups is 1. The normalized spacial score (nSPS) is 18.3. The van der Waals surface area contributed by atoms with E-state index in [-0.39, 0.29) is 21.6 Å². The first-order valence-electron chi connectivity index (χ1n) is 7.94. The van der Waals surface area contributed by atoms with Gasteiger partial charge < -0.3 is 5.73 Å². The van der Waals surface area contributed by atoms with Gasteiger partial charge in [0.15, 0.2) is 0 Å². The first kappa shape index (κ1) is 18.6. The van der Waals surface area contributed by atoms with Crippen molar-refractivity contribution in [3.8, 4) is 0 Å². The molecular weight excluding hydrogens is 380 g/mol. The molecule has 140 valence electrons. The largest absolute Gasteiger partial charge is 0.383 e. The maximum atomic E-state index is 12.8. The van der Waals surface area contributed by atoms with Crippen LogP contribution >= 0.6 is 11.6 Å². The Bertz CT molecular complexity index is 958. The number of aryl methyl sites for hydroxylation is 2. The number of halogens is 1. The maximum Gasteiger partial charge on any atom is 0.246 e. The van der Waals surface area contributed by atoms with Crippen molar-refractivity contribution in [3.05, 3.63) is 29.0 Å². The van der Waals surface area contributed by atoms with Crippen molar-refractivity contribution in [2.45, 2.75) is 30.7 Å². The first-order valence-corrected chi connectivity index (χ1v) is 9.80. The number of hydrogen-bond donors (Lipinski definition) is 2. The van der Waals surface area contributed by atoms with E-state index in [1.165, 1.54) is 17.2 Å². The van der Waals surface area contributed by atoms with Crippen LogP contribution in [0.1, 0.15) is 18.5 Å². The van der Waals surface area contributed by atoms with Gasteiger partial charge in [-0.15, -0.1) is 0 Å². The molecule has 0 aliphatic carbocycles. The number of piperidine rings is 1. The Kier molecular flexibility index (Phi) is 4.91. The highest BCUT2D eigenvalue weighted by molar-refractivity contribution is 7.89. The number of sulfonamides is 1. The Labute approximate surface area is 156 Å². The Morgan fingerprint density at radius 1 is 1.38 bits per heavy atom. The molecule has 0 saturated carbocycles. The lowest BCUT2D eigenvalue weighted by molar-refractivity contribution is -0.121. The number of rotatable bonds is 4. The molecule has 2 aromatic rings. The fourth-order valence-corrected chi connectivity index (χ4v) is 4.51. The summed E-state index contributed by atoms with van der Waals surface area (Å²) in [5.74, 6) is 0.112. The molecule has 0 spiro atoms. The molecule has 3 rings (SSSR count). The van der Waals surface area contributed by atoms with E-state index in [2.05, 4.69) is 14.8 Å². The number of hydrogen-bond acceptors (Lipinski definition) is 6. The van der Waals surface area contributed by atoms with E-state index in [0.717, 1.165) is 5.69 Å². The van der Waals surface area contributed by atoms with Gasteiger partial charge in [0.1, 0.15) is 22.6 Å². The third-order valence-electron chi connectivity index (χ3n) is 4.13. The van der Waals surface area contributed by atoms with Gasteiger partial charge in [-0.05, 0) is 25.8 Å². The van der Waals surface area contributed by atoms with Crippen LogP contribution in [0.3, 0.4) is 0 Å². The minimum atomic E-state index is -4.05. The number of nitrogens with two attached hydrogens (primary N) is 1. The SMILES string of the molecule is Cc1cc(N2CCC[C@@H](NS(=O)(=O)c3cc(Cl)cnc3N)C2=O)n(C)n1. The Morgan fingerprint density at radius 2 is 2.12 bits per heavy atom. The zero-order valence-electron chi connectivity index (χ0n) is 14.3. The molecule has 1 atom stereocenters. The average molecular weight is 399 g/mol. The molecule has 0 unspecified atom stereocenters. The number of carbonyl (C=O) groups excluding carboxylic acids is 1. The number of nitrogens with one attached hydrogen (secondary N) is 1. The number of aromatic nitrogens is 3. The first-order chi connectivity index (χ1) is 12.2. The highest BCUT2D eigenvalue weighted by Crippen LogP contribution is 2.24. The summed E-state index contributed by atoms with van der Waals surface area (Å²) in [6.07, 6.45) is 2.29. The molecule has 3 N–H and O–H groups in total. The average Bonchev–Trinajstić information content (AvgIpc) is 2.90. The summed E-state index contributed by atoms with van der Waals surface area (Å²) in [6.45, 7) is 2.32. The van der Waals surface area contributed by atoms with Gasteiger partial charge in [-0.25, -0.2) is 13.4 Å². The zero-order chi connectivity index (χ0) is 19.1. The van der Waals surface area contributed by atoms with Crippen molar-refractivity contribution in [2.75, 3.05) is 17.2 Å². The Morgan fingerprint density at radius 3 is 2.77 bits per heavy atom. The summed E-state index contributed by atoms with van der Waals surface area (Å²) in [5.41, 5.74) is 6.43. The van der Waals surface area contributed by atoms with E-state index < -0.39 is 16.1 Å². The minimum Gasteiger partial charge on any atom is -0.383 e. The lowest BCUT2D eigenvalue weighted by Crippen LogP contribution is -2.52. The quantitative estimate of drug-likeness (QED) is 0.786. The standard InChI is InChI=1S/C15H19ClN6O3S/c1-9-6-13(21(2)19-9)22-5-3-4-11(15(22)23)20-26(24,25)12-7-10(16)8-18-14(12)17/h6-8,11,20H,3-5H2,1-2H3,(H2,17,18)/t11-/m1/s1. The predicted molar refractivity (Wildman–Crippen MR) is 97.3 cm³/mol. The van der Waals surface area contributed by atoms with Gasteiger partial charge in [0.05, 0.1) is 10.7 Å². The molecule has 1 fully saturated rings. The van der Waals surface area contributed by atoms with Crippen LogP contribution in [0.15, 0.2) is 23.2 Å². The van der Waals surface area contributed by atoms with Gasteiger partial charge in [-0.2, -0.15) is 9.82 Å². The van der Waals surface area contributed by atoms with E-state index in [9.17, 15) is 13.2 Å². The van der Waals surface area contributed by atoms with Crippen molar-refractivity contribution in [1.29, 1.82) is 0 Å². The van der Waals surface area contributed by atoms with Crippen LogP contribution in [0, 0.1) is 6.92 Å². The minimum absolute atomic E-state index is 0.140. The van der Waals surface area contributed by atoms with Gasteiger partial charge in [0.2, 0.25) is 15.9 Å². The second kappa shape index (κ2) is 6.86. The summed E-state index contributed by atoms with van der Waals surface area (Å²) in [6, 6.07) is 2.09. The second-order valence-corrected chi connectivity index (χ2v) is 8.23. The van der Waals surface area contributed by atoms with Crippen molar-refractivity contribution >= 4 is 39.2 Å². The number of anilines is 2. The topological polar surface area (TPSA) is 123 Å². The Hall–Kier alpha value is -2.17. The highest BCUT2D eigenvalue weighted by Gasteiger charge is 2.35. The number of nitrogens with zero attached hydrogens (tertiary/aromatic N) is 4. The monoisotopic (exact) mass is 398 g/mol. The molecule has 1 aliphatic heterocycles. The predicted octanol–water partition coefficient (Wildman–Crippen LogP) is 0.833. The molecule has 11 heteroatoms. The number of pyridine rings is 1. The fraction of sp³-hybridized carbons (Fsp3) is 0.400. The number of nitrogen functional groups attached to an aromatic ring is 1. The summed E-state index contributed by atoms with van der Waals surface area (Å²) < 4.78 is 29.3. The summed E-state index contributed by atoms with van der Waals surface area (Å²) in [4.78, 5) is 17.9. The molecule has 0 bridgehead atoms. The van der Waals surface area contributed by atoms with Gasteiger partial charge in [0, 0.05) is 25.9 Å². The molecule has 1 aliphatic rings. The molecule has 1 amide bonds. The van der Waals surface area contributed by atoms with Crippen LogP contribution < -0.4 is 15.4 Å². The molecule has 1 saturated heterocycles. The van der Waals surface area contributed by atoms with Crippen molar-refractivity contribution in [3.63, 3.8) is 0 Å². The van der Waals surface area contributed by atoms with Gasteiger partial charge in [-0.1, -0.05) is 11.6 Å². The van der Waals surface area contributed by atoms with Crippen LogP contribution in [-0.4, -0.2) is 41.7 Å². The van der Waals surface area contributed by atoms with Crippen molar-refractivity contribution in [2.24, 2.45) is 7.05 Å². The Balaban J connectivity index is 1.86. The van der Waals surface area contributed by atoms with Crippen LogP contribution in [-0.2, 0) is 21.9 Å². The van der Waals surface area contributed by atoms with Gasteiger partial charge in [0.25, 0.3) is 0 Å². The highest BCUT2D eigenvalue weighted by atomic mass is 35.5. The zero-order valence-corrected chi connectivity index (χ0v) is 15.9. The van der Waals surface area contributed by atoms with E-state index in [1.807, 2.05) is 6.92 Å². The molecule has 2 aromatic heterocycles. The molecule has 3 heterocycles. The van der Waals surface area contributed by atoms with Crippen LogP contribution in [0.2, 0.25) is 5.02 Å². The molecule has 0 aromatic carbocycles. The van der Waals surface area contributed by atoms with Crippen molar-refractivity contribution in [1.82, 2.24) is 19.5 Å². The molecule has 9 nitrogen and oxygen atoms in total. The van der Waals surface area contributed by atoms with Crippen molar-refractivity contribution < 1.29 is 13.2 Å². The summed E-state index contributed by atoms with van der Waals surface area (Å²) in [5, 5.41) is 4.37. The van der Waals surface area contributed by atoms with E-state index in [0.29, 0.717) is 25.2 Å². The number of amides is 1. The summed E-state index contributed by atoms with van der Waals surface area (Å²) >= 11 is 5.82. The van der Waals surface area contributed by atoms with Crippen LogP contribution in [0.4, 0.5) is 11.6 Å². The molecular formula is C15H19ClN6O3S. The van der Waals surface area contributed by atoms with E-state index >= 15 is 0 Å². The lowest BCUT2D eigenvalue weighted by Gasteiger charge is -2.32.